The van der Waals surface area contributed by atoms with Crippen molar-refractivity contribution in [3.8, 4) is 0 Å². The summed E-state index contributed by atoms with van der Waals surface area (Å²) < 4.78 is 0. The minimum absolute atomic E-state index is 0.294. The van der Waals surface area contributed by atoms with Crippen LogP contribution in [0.25, 0.3) is 0 Å². The Kier molecular flexibility index (Phi) is 4.68. The van der Waals surface area contributed by atoms with Crippen molar-refractivity contribution < 1.29 is 9.59 Å². The molecule has 1 heterocycles. The van der Waals surface area contributed by atoms with Crippen LogP contribution in [0.15, 0.2) is 30.3 Å². The number of carbonyl (C=O) groups excluding carboxylic acids is 2. The number of halogens is 1. The number of aryl methyl sites for hydroxylation is 1. The lowest BCUT2D eigenvalue weighted by Crippen LogP contribution is -2.41. The predicted molar refractivity (Wildman–Crippen MR) is 91.9 cm³/mol. The number of rotatable bonds is 2. The van der Waals surface area contributed by atoms with E-state index in [1.54, 1.807) is 24.3 Å². The zero-order valence-corrected chi connectivity index (χ0v) is 14.3. The van der Waals surface area contributed by atoms with Gasteiger partial charge in [-0.2, -0.15) is 0 Å². The fourth-order valence-electron chi connectivity index (χ4n) is 2.71. The zero-order chi connectivity index (χ0) is 16.4. The third-order valence-corrected chi connectivity index (χ3v) is 5.53. The third kappa shape index (κ3) is 3.57. The van der Waals surface area contributed by atoms with E-state index in [2.05, 4.69) is 17.8 Å². The van der Waals surface area contributed by atoms with E-state index >= 15 is 0 Å². The number of fused-ring (bicyclic) bond motifs is 1. The average molecular weight is 349 g/mol. The van der Waals surface area contributed by atoms with Crippen LogP contribution in [-0.4, -0.2) is 11.8 Å². The molecule has 3 rings (SSSR count). The number of hydrazine groups is 1. The molecule has 2 amide bonds. The summed E-state index contributed by atoms with van der Waals surface area (Å²) >= 11 is 7.47. The summed E-state index contributed by atoms with van der Waals surface area (Å²) in [6.07, 6.45) is 3.21. The molecule has 0 aliphatic heterocycles. The maximum atomic E-state index is 12.2. The van der Waals surface area contributed by atoms with E-state index < -0.39 is 5.91 Å². The van der Waals surface area contributed by atoms with Gasteiger partial charge < -0.3 is 0 Å². The summed E-state index contributed by atoms with van der Waals surface area (Å²) in [4.78, 5) is 26.2. The Morgan fingerprint density at radius 1 is 1.22 bits per heavy atom. The van der Waals surface area contributed by atoms with Crippen LogP contribution < -0.4 is 10.9 Å². The van der Waals surface area contributed by atoms with Crippen molar-refractivity contribution in [3.05, 3.63) is 56.2 Å². The second kappa shape index (κ2) is 6.72. The molecule has 1 aromatic heterocycles. The Bertz CT molecular complexity index is 757. The number of carbonyl (C=O) groups is 2. The van der Waals surface area contributed by atoms with E-state index in [1.807, 2.05) is 6.07 Å². The Labute approximate surface area is 143 Å². The van der Waals surface area contributed by atoms with Crippen LogP contribution in [0.3, 0.4) is 0 Å². The van der Waals surface area contributed by atoms with Crippen LogP contribution in [0, 0.1) is 5.92 Å². The molecule has 6 heteroatoms. The van der Waals surface area contributed by atoms with Crippen molar-refractivity contribution >= 4 is 34.8 Å². The van der Waals surface area contributed by atoms with Crippen LogP contribution >= 0.6 is 22.9 Å². The van der Waals surface area contributed by atoms with E-state index in [-0.39, 0.29) is 5.91 Å². The number of amides is 2. The van der Waals surface area contributed by atoms with Crippen LogP contribution in [-0.2, 0) is 12.8 Å². The number of benzene rings is 1. The Hall–Kier alpha value is -1.85. The van der Waals surface area contributed by atoms with E-state index in [4.69, 9.17) is 11.6 Å². The highest BCUT2D eigenvalue weighted by atomic mass is 35.5. The first-order valence-corrected chi connectivity index (χ1v) is 8.71. The quantitative estimate of drug-likeness (QED) is 0.815. The second-order valence-electron chi connectivity index (χ2n) is 5.80. The first-order chi connectivity index (χ1) is 11.0. The highest BCUT2D eigenvalue weighted by Gasteiger charge is 2.21. The maximum Gasteiger partial charge on any atom is 0.279 e. The number of hydrogen-bond acceptors (Lipinski definition) is 3. The predicted octanol–water partition coefficient (Wildman–Crippen LogP) is 3.60. The van der Waals surface area contributed by atoms with E-state index in [1.165, 1.54) is 21.8 Å². The summed E-state index contributed by atoms with van der Waals surface area (Å²) in [6.45, 7) is 2.23. The Morgan fingerprint density at radius 3 is 2.74 bits per heavy atom. The van der Waals surface area contributed by atoms with Gasteiger partial charge in [0.25, 0.3) is 11.8 Å². The lowest BCUT2D eigenvalue weighted by Gasteiger charge is -2.16. The fraction of sp³-hybridized carbons (Fsp3) is 0.294. The van der Waals surface area contributed by atoms with Gasteiger partial charge in [0.2, 0.25) is 0 Å². The van der Waals surface area contributed by atoms with E-state index in [0.717, 1.165) is 19.3 Å². The number of thiophene rings is 1. The molecule has 0 saturated carbocycles. The summed E-state index contributed by atoms with van der Waals surface area (Å²) in [6, 6.07) is 8.64. The Morgan fingerprint density at radius 2 is 1.96 bits per heavy atom. The van der Waals surface area contributed by atoms with Gasteiger partial charge in [-0.25, -0.2) is 0 Å². The standard InChI is InChI=1S/C17H17ClN2O2S/c1-10-6-7-14-11(8-10)9-15(23-14)17(22)20-19-16(21)12-4-2-3-5-13(12)18/h2-5,9-10H,6-8H2,1H3,(H,19,21)(H,20,22). The lowest BCUT2D eigenvalue weighted by molar-refractivity contribution is 0.0849. The normalized spacial score (nSPS) is 16.5. The summed E-state index contributed by atoms with van der Waals surface area (Å²) in [5, 5.41) is 0.347. The average Bonchev–Trinajstić information content (AvgIpc) is 2.95. The maximum absolute atomic E-state index is 12.2. The van der Waals surface area contributed by atoms with Gasteiger partial charge in [0.15, 0.2) is 0 Å². The zero-order valence-electron chi connectivity index (χ0n) is 12.7. The van der Waals surface area contributed by atoms with Crippen molar-refractivity contribution in [1.29, 1.82) is 0 Å². The topological polar surface area (TPSA) is 58.2 Å². The monoisotopic (exact) mass is 348 g/mol. The molecule has 0 fully saturated rings. The molecule has 1 aliphatic rings. The minimum Gasteiger partial charge on any atom is -0.267 e. The molecular formula is C17H17ClN2O2S. The second-order valence-corrected chi connectivity index (χ2v) is 7.34. The smallest absolute Gasteiger partial charge is 0.267 e. The molecule has 0 saturated heterocycles. The molecule has 4 nitrogen and oxygen atoms in total. The summed E-state index contributed by atoms with van der Waals surface area (Å²) in [5.41, 5.74) is 6.46. The fourth-order valence-corrected chi connectivity index (χ4v) is 4.03. The molecule has 0 radical (unpaired) electrons. The van der Waals surface area contributed by atoms with Crippen LogP contribution in [0.2, 0.25) is 5.02 Å². The summed E-state index contributed by atoms with van der Waals surface area (Å²) in [5.74, 6) is -0.0655. The first-order valence-electron chi connectivity index (χ1n) is 7.51. The molecule has 1 aliphatic carbocycles. The van der Waals surface area contributed by atoms with Crippen molar-refractivity contribution in [2.24, 2.45) is 5.92 Å². The SMILES string of the molecule is CC1CCc2sc(C(=O)NNC(=O)c3ccccc3Cl)cc2C1. The van der Waals surface area contributed by atoms with Crippen LogP contribution in [0.4, 0.5) is 0 Å². The number of hydrogen-bond donors (Lipinski definition) is 2. The van der Waals surface area contributed by atoms with Crippen LogP contribution in [0.5, 0.6) is 0 Å². The lowest BCUT2D eigenvalue weighted by atomic mass is 9.90. The molecule has 23 heavy (non-hydrogen) atoms. The highest BCUT2D eigenvalue weighted by Crippen LogP contribution is 2.32. The van der Waals surface area contributed by atoms with Crippen molar-refractivity contribution in [1.82, 2.24) is 10.9 Å². The van der Waals surface area contributed by atoms with Gasteiger partial charge in [-0.15, -0.1) is 11.3 Å². The van der Waals surface area contributed by atoms with E-state index in [0.29, 0.717) is 21.4 Å². The molecular weight excluding hydrogens is 332 g/mol. The minimum atomic E-state index is -0.432. The highest BCUT2D eigenvalue weighted by molar-refractivity contribution is 7.14. The van der Waals surface area contributed by atoms with Crippen molar-refractivity contribution in [2.45, 2.75) is 26.2 Å². The van der Waals surface area contributed by atoms with Gasteiger partial charge in [0.05, 0.1) is 15.5 Å². The molecule has 0 spiro atoms. The molecule has 1 atom stereocenters. The van der Waals surface area contributed by atoms with Gasteiger partial charge >= 0.3 is 0 Å². The van der Waals surface area contributed by atoms with Gasteiger partial charge in [0, 0.05) is 4.88 Å². The van der Waals surface area contributed by atoms with Crippen molar-refractivity contribution in [3.63, 3.8) is 0 Å². The summed E-state index contributed by atoms with van der Waals surface area (Å²) in [7, 11) is 0. The molecule has 0 bridgehead atoms. The molecule has 1 unspecified atom stereocenters. The van der Waals surface area contributed by atoms with Gasteiger partial charge in [-0.05, 0) is 48.9 Å². The van der Waals surface area contributed by atoms with Crippen LogP contribution in [0.1, 0.15) is 43.8 Å². The Balaban J connectivity index is 1.64. The van der Waals surface area contributed by atoms with E-state index in [9.17, 15) is 9.59 Å². The molecule has 120 valence electrons. The third-order valence-electron chi connectivity index (χ3n) is 3.96. The number of nitrogens with one attached hydrogen (secondary N) is 2. The molecule has 1 aromatic carbocycles. The molecule has 2 N–H and O–H groups in total. The van der Waals surface area contributed by atoms with Gasteiger partial charge in [0.1, 0.15) is 0 Å². The molecule has 2 aromatic rings. The first kappa shape index (κ1) is 16.0. The largest absolute Gasteiger partial charge is 0.279 e. The van der Waals surface area contributed by atoms with Gasteiger partial charge in [-0.3, -0.25) is 20.4 Å². The van der Waals surface area contributed by atoms with Gasteiger partial charge in [-0.1, -0.05) is 30.7 Å². The van der Waals surface area contributed by atoms with Crippen molar-refractivity contribution in [2.75, 3.05) is 0 Å².